The van der Waals surface area contributed by atoms with Gasteiger partial charge in [-0.1, -0.05) is 11.6 Å². The quantitative estimate of drug-likeness (QED) is 0.822. The van der Waals surface area contributed by atoms with Crippen LogP contribution in [0.1, 0.15) is 39.0 Å². The van der Waals surface area contributed by atoms with Crippen molar-refractivity contribution in [1.29, 1.82) is 5.26 Å². The van der Waals surface area contributed by atoms with Crippen molar-refractivity contribution in [2.24, 2.45) is 0 Å². The van der Waals surface area contributed by atoms with Crippen molar-refractivity contribution in [1.82, 2.24) is 0 Å². The summed E-state index contributed by atoms with van der Waals surface area (Å²) in [6.07, 6.45) is 2.18. The van der Waals surface area contributed by atoms with Crippen molar-refractivity contribution in [2.45, 2.75) is 32.3 Å². The largest absolute Gasteiger partial charge is 0.448 e. The van der Waals surface area contributed by atoms with Gasteiger partial charge in [-0.25, -0.2) is 4.79 Å². The zero-order valence-corrected chi connectivity index (χ0v) is 15.0. The lowest BCUT2D eigenvalue weighted by atomic mass is 10.2. The fraction of sp³-hybridized carbons (Fsp3) is 0.278. The Hall–Kier alpha value is -2.36. The lowest BCUT2D eigenvalue weighted by Gasteiger charge is -2.13. The van der Waals surface area contributed by atoms with Crippen LogP contribution < -0.4 is 5.32 Å². The maximum Gasteiger partial charge on any atom is 0.349 e. The molecule has 1 N–H and O–H groups in total. The topological polar surface area (TPSA) is 79.2 Å². The number of halogens is 1. The maximum atomic E-state index is 12.2. The van der Waals surface area contributed by atoms with Crippen molar-refractivity contribution in [2.75, 3.05) is 5.32 Å². The van der Waals surface area contributed by atoms with E-state index in [2.05, 4.69) is 5.32 Å². The highest BCUT2D eigenvalue weighted by atomic mass is 35.5. The molecule has 1 atom stereocenters. The molecule has 1 aliphatic rings. The molecule has 0 radical (unpaired) electrons. The smallest absolute Gasteiger partial charge is 0.349 e. The lowest BCUT2D eigenvalue weighted by Crippen LogP contribution is -2.29. The number of rotatable bonds is 4. The van der Waals surface area contributed by atoms with E-state index in [0.717, 1.165) is 19.3 Å². The molecule has 0 bridgehead atoms. The minimum Gasteiger partial charge on any atom is -0.448 e. The van der Waals surface area contributed by atoms with Crippen molar-refractivity contribution >= 4 is 40.5 Å². The summed E-state index contributed by atoms with van der Waals surface area (Å²) < 4.78 is 5.26. The first kappa shape index (κ1) is 17.5. The molecule has 0 saturated heterocycles. The molecular weight excluding hydrogens is 360 g/mol. The number of carbonyl (C=O) groups is 2. The third-order valence-electron chi connectivity index (χ3n) is 3.96. The van der Waals surface area contributed by atoms with E-state index in [1.807, 2.05) is 12.1 Å². The number of nitrogens with zero attached hydrogens (tertiary/aromatic N) is 1. The second kappa shape index (κ2) is 7.26. The summed E-state index contributed by atoms with van der Waals surface area (Å²) >= 11 is 7.38. The average molecular weight is 375 g/mol. The minimum absolute atomic E-state index is 0.248. The van der Waals surface area contributed by atoms with E-state index in [4.69, 9.17) is 21.6 Å². The maximum absolute atomic E-state index is 12.2. The van der Waals surface area contributed by atoms with Gasteiger partial charge in [-0.2, -0.15) is 5.26 Å². The number of amides is 1. The van der Waals surface area contributed by atoms with Crippen LogP contribution in [0.5, 0.6) is 0 Å². The summed E-state index contributed by atoms with van der Waals surface area (Å²) in [5, 5.41) is 11.7. The number of hydrogen-bond donors (Lipinski definition) is 1. The molecule has 0 unspecified atom stereocenters. The number of carbonyl (C=O) groups excluding carboxylic acids is 2. The highest BCUT2D eigenvalue weighted by molar-refractivity contribution is 7.14. The van der Waals surface area contributed by atoms with E-state index in [-0.39, 0.29) is 5.02 Å². The van der Waals surface area contributed by atoms with Crippen LogP contribution in [0.3, 0.4) is 0 Å². The summed E-state index contributed by atoms with van der Waals surface area (Å²) in [5.41, 5.74) is 1.97. The minimum atomic E-state index is -0.946. The third-order valence-corrected chi connectivity index (χ3v) is 5.49. The Bertz CT molecular complexity index is 863. The number of aryl methyl sites for hydroxylation is 2. The summed E-state index contributed by atoms with van der Waals surface area (Å²) in [5.74, 6) is -0.946. The zero-order chi connectivity index (χ0) is 18.0. The molecular formula is C18H15ClN2O3S. The van der Waals surface area contributed by atoms with Crippen LogP contribution in [0, 0.1) is 11.3 Å². The first-order chi connectivity index (χ1) is 12.0. The normalized spacial score (nSPS) is 13.6. The molecule has 1 heterocycles. The van der Waals surface area contributed by atoms with Crippen molar-refractivity contribution < 1.29 is 14.3 Å². The highest BCUT2D eigenvalue weighted by Gasteiger charge is 2.23. The third kappa shape index (κ3) is 3.84. The molecule has 3 rings (SSSR count). The number of benzene rings is 1. The van der Waals surface area contributed by atoms with Crippen LogP contribution >= 0.6 is 22.9 Å². The standard InChI is InChI=1S/C18H15ClN2O3S/c1-10(17(22)21-13-6-5-12(9-20)14(19)8-13)24-18(23)16-7-11-3-2-4-15(11)25-16/h5-8,10H,2-4H2,1H3,(H,21,22)/t10-/m0/s1. The molecule has 1 aromatic heterocycles. The van der Waals surface area contributed by atoms with Crippen LogP contribution in [-0.4, -0.2) is 18.0 Å². The summed E-state index contributed by atoms with van der Waals surface area (Å²) in [6.45, 7) is 1.51. The highest BCUT2D eigenvalue weighted by Crippen LogP contribution is 2.31. The molecule has 2 aromatic rings. The van der Waals surface area contributed by atoms with Crippen LogP contribution in [0.15, 0.2) is 24.3 Å². The predicted octanol–water partition coefficient (Wildman–Crippen LogP) is 3.95. The summed E-state index contributed by atoms with van der Waals surface area (Å²) in [6, 6.07) is 8.38. The number of esters is 1. The molecule has 7 heteroatoms. The van der Waals surface area contributed by atoms with Gasteiger partial charge in [0.1, 0.15) is 10.9 Å². The van der Waals surface area contributed by atoms with E-state index in [9.17, 15) is 9.59 Å². The van der Waals surface area contributed by atoms with E-state index in [0.29, 0.717) is 16.1 Å². The first-order valence-corrected chi connectivity index (χ1v) is 9.00. The molecule has 1 amide bonds. The fourth-order valence-electron chi connectivity index (χ4n) is 2.63. The van der Waals surface area contributed by atoms with Crippen LogP contribution in [0.2, 0.25) is 5.02 Å². The van der Waals surface area contributed by atoms with Gasteiger partial charge < -0.3 is 10.1 Å². The van der Waals surface area contributed by atoms with E-state index in [1.54, 1.807) is 6.07 Å². The Morgan fingerprint density at radius 2 is 2.16 bits per heavy atom. The van der Waals surface area contributed by atoms with Crippen LogP contribution in [0.25, 0.3) is 0 Å². The van der Waals surface area contributed by atoms with Gasteiger partial charge in [0.25, 0.3) is 5.91 Å². The van der Waals surface area contributed by atoms with Gasteiger partial charge in [-0.15, -0.1) is 11.3 Å². The van der Waals surface area contributed by atoms with Crippen molar-refractivity contribution in [3.63, 3.8) is 0 Å². The summed E-state index contributed by atoms with van der Waals surface area (Å²) in [7, 11) is 0. The van der Waals surface area contributed by atoms with Crippen molar-refractivity contribution in [3.05, 3.63) is 50.2 Å². The summed E-state index contributed by atoms with van der Waals surface area (Å²) in [4.78, 5) is 26.2. The van der Waals surface area contributed by atoms with Gasteiger partial charge in [0.05, 0.1) is 10.6 Å². The number of fused-ring (bicyclic) bond motifs is 1. The second-order valence-corrected chi connectivity index (χ2v) is 7.30. The average Bonchev–Trinajstić information content (AvgIpc) is 3.16. The fourth-order valence-corrected chi connectivity index (χ4v) is 3.99. The number of hydrogen-bond acceptors (Lipinski definition) is 5. The van der Waals surface area contributed by atoms with Gasteiger partial charge in [0.2, 0.25) is 0 Å². The molecule has 5 nitrogen and oxygen atoms in total. The Labute approximate surface area is 154 Å². The number of thiophene rings is 1. The molecule has 1 aliphatic carbocycles. The molecule has 0 saturated carbocycles. The Balaban J connectivity index is 1.61. The van der Waals surface area contributed by atoms with Gasteiger partial charge in [0, 0.05) is 10.6 Å². The number of anilines is 1. The molecule has 0 spiro atoms. The number of nitrogens with one attached hydrogen (secondary N) is 1. The Morgan fingerprint density at radius 3 is 2.84 bits per heavy atom. The first-order valence-electron chi connectivity index (χ1n) is 7.81. The van der Waals surface area contributed by atoms with E-state index < -0.39 is 18.0 Å². The molecule has 1 aromatic carbocycles. The Kier molecular flexibility index (Phi) is 5.07. The van der Waals surface area contributed by atoms with Crippen LogP contribution in [0.4, 0.5) is 5.69 Å². The second-order valence-electron chi connectivity index (χ2n) is 5.76. The SMILES string of the molecule is C[C@H](OC(=O)c1cc2c(s1)CCC2)C(=O)Nc1ccc(C#N)c(Cl)c1. The van der Waals surface area contributed by atoms with Gasteiger partial charge in [-0.05, 0) is 56.0 Å². The Morgan fingerprint density at radius 1 is 1.36 bits per heavy atom. The van der Waals surface area contributed by atoms with Crippen molar-refractivity contribution in [3.8, 4) is 6.07 Å². The molecule has 0 fully saturated rings. The molecule has 128 valence electrons. The lowest BCUT2D eigenvalue weighted by molar-refractivity contribution is -0.123. The number of nitriles is 1. The number of ether oxygens (including phenoxy) is 1. The van der Waals surface area contributed by atoms with Gasteiger partial charge >= 0.3 is 5.97 Å². The zero-order valence-electron chi connectivity index (χ0n) is 13.5. The molecule has 25 heavy (non-hydrogen) atoms. The monoisotopic (exact) mass is 374 g/mol. The van der Waals surface area contributed by atoms with Gasteiger partial charge in [-0.3, -0.25) is 4.79 Å². The van der Waals surface area contributed by atoms with E-state index >= 15 is 0 Å². The van der Waals surface area contributed by atoms with E-state index in [1.165, 1.54) is 40.8 Å². The van der Waals surface area contributed by atoms with Crippen LogP contribution in [-0.2, 0) is 22.4 Å². The predicted molar refractivity (Wildman–Crippen MR) is 96.0 cm³/mol. The molecule has 0 aliphatic heterocycles. The van der Waals surface area contributed by atoms with Gasteiger partial charge in [0.15, 0.2) is 6.10 Å².